The fourth-order valence-corrected chi connectivity index (χ4v) is 0.646. The van der Waals surface area contributed by atoms with Gasteiger partial charge in [-0.05, 0) is 6.92 Å². The molecular formula is C6H14N4O. The summed E-state index contributed by atoms with van der Waals surface area (Å²) in [6.45, 7) is 1.78. The summed E-state index contributed by atoms with van der Waals surface area (Å²) in [5, 5.41) is 3.82. The number of amides is 1. The maximum Gasteiger partial charge on any atom is 0.239 e. The number of hydrazone groups is 1. The average Bonchev–Trinajstić information content (AvgIpc) is 1.87. The molecule has 0 aromatic rings. The smallest absolute Gasteiger partial charge is 0.239 e. The van der Waals surface area contributed by atoms with Gasteiger partial charge in [-0.2, -0.15) is 5.10 Å². The zero-order valence-corrected chi connectivity index (χ0v) is 7.06. The van der Waals surface area contributed by atoms with E-state index in [0.717, 1.165) is 5.71 Å². The lowest BCUT2D eigenvalue weighted by atomic mass is 10.3. The van der Waals surface area contributed by atoms with Crippen LogP contribution < -0.4 is 16.3 Å². The van der Waals surface area contributed by atoms with E-state index in [4.69, 9.17) is 0 Å². The molecule has 5 heteroatoms. The molecule has 0 spiro atoms. The maximum atomic E-state index is 10.8. The fourth-order valence-electron chi connectivity index (χ4n) is 0.646. The first-order chi connectivity index (χ1) is 5.20. The summed E-state index contributed by atoms with van der Waals surface area (Å²) in [5.41, 5.74) is 8.33. The van der Waals surface area contributed by atoms with Crippen LogP contribution >= 0.6 is 0 Å². The van der Waals surface area contributed by atoms with Crippen molar-refractivity contribution in [1.29, 1.82) is 0 Å². The molecule has 0 atom stereocenters. The topological polar surface area (TPSA) is 65.5 Å². The van der Waals surface area contributed by atoms with Gasteiger partial charge in [0.25, 0.3) is 0 Å². The van der Waals surface area contributed by atoms with Crippen molar-refractivity contribution in [3.05, 3.63) is 0 Å². The number of nitrogens with zero attached hydrogens (tertiary/aromatic N) is 1. The van der Waals surface area contributed by atoms with Crippen LogP contribution in [-0.2, 0) is 4.79 Å². The van der Waals surface area contributed by atoms with E-state index in [1.807, 2.05) is 0 Å². The third-order valence-corrected chi connectivity index (χ3v) is 0.983. The second-order valence-corrected chi connectivity index (χ2v) is 2.05. The standard InChI is InChI=1S/C6H14N4O/c1-5(9-7-2)4-6(11)10-8-3/h7-8H,4H2,1-3H3,(H,10,11)/b9-5-. The molecule has 64 valence electrons. The molecule has 0 bridgehead atoms. The van der Waals surface area contributed by atoms with Crippen molar-refractivity contribution in [3.8, 4) is 0 Å². The minimum atomic E-state index is -0.0935. The highest BCUT2D eigenvalue weighted by atomic mass is 16.2. The van der Waals surface area contributed by atoms with E-state index in [1.165, 1.54) is 0 Å². The van der Waals surface area contributed by atoms with Crippen LogP contribution in [0.5, 0.6) is 0 Å². The van der Waals surface area contributed by atoms with Crippen molar-refractivity contribution in [2.75, 3.05) is 14.1 Å². The Morgan fingerprint density at radius 3 is 2.55 bits per heavy atom. The predicted octanol–water partition coefficient (Wildman–Crippen LogP) is -0.778. The van der Waals surface area contributed by atoms with Crippen molar-refractivity contribution >= 4 is 11.6 Å². The fraction of sp³-hybridized carbons (Fsp3) is 0.667. The van der Waals surface area contributed by atoms with Crippen LogP contribution in [0.15, 0.2) is 5.10 Å². The number of hydrogen-bond donors (Lipinski definition) is 3. The van der Waals surface area contributed by atoms with Gasteiger partial charge in [0.15, 0.2) is 0 Å². The number of carbonyl (C=O) groups is 1. The first-order valence-electron chi connectivity index (χ1n) is 3.36. The number of hydrogen-bond acceptors (Lipinski definition) is 4. The molecule has 0 aliphatic rings. The summed E-state index contributed by atoms with van der Waals surface area (Å²) in [5.74, 6) is -0.0935. The van der Waals surface area contributed by atoms with Gasteiger partial charge in [-0.25, -0.2) is 5.43 Å². The second-order valence-electron chi connectivity index (χ2n) is 2.05. The SMILES string of the molecule is CN/N=C(/C)CC(=O)NNC. The van der Waals surface area contributed by atoms with Crippen LogP contribution in [0, 0.1) is 0 Å². The molecule has 0 fully saturated rings. The zero-order chi connectivity index (χ0) is 8.69. The highest BCUT2D eigenvalue weighted by molar-refractivity contribution is 5.99. The minimum Gasteiger partial charge on any atom is -0.313 e. The van der Waals surface area contributed by atoms with Gasteiger partial charge in [-0.15, -0.1) is 0 Å². The first kappa shape index (κ1) is 9.90. The molecule has 3 N–H and O–H groups in total. The number of rotatable bonds is 4. The van der Waals surface area contributed by atoms with E-state index in [-0.39, 0.29) is 5.91 Å². The summed E-state index contributed by atoms with van der Waals surface area (Å²) in [4.78, 5) is 10.8. The Morgan fingerprint density at radius 1 is 1.45 bits per heavy atom. The zero-order valence-electron chi connectivity index (χ0n) is 7.06. The van der Waals surface area contributed by atoms with E-state index < -0.39 is 0 Å². The normalized spacial score (nSPS) is 11.0. The van der Waals surface area contributed by atoms with Crippen LogP contribution in [0.4, 0.5) is 0 Å². The monoisotopic (exact) mass is 158 g/mol. The van der Waals surface area contributed by atoms with Gasteiger partial charge in [-0.1, -0.05) is 0 Å². The van der Waals surface area contributed by atoms with E-state index in [0.29, 0.717) is 6.42 Å². The molecule has 0 aliphatic heterocycles. The van der Waals surface area contributed by atoms with Crippen LogP contribution in [0.1, 0.15) is 13.3 Å². The number of carbonyl (C=O) groups excluding carboxylic acids is 1. The molecule has 0 aromatic carbocycles. The third-order valence-electron chi connectivity index (χ3n) is 0.983. The van der Waals surface area contributed by atoms with Gasteiger partial charge in [0.1, 0.15) is 0 Å². The molecule has 0 saturated carbocycles. The summed E-state index contributed by atoms with van der Waals surface area (Å²) in [7, 11) is 3.34. The van der Waals surface area contributed by atoms with Gasteiger partial charge < -0.3 is 5.43 Å². The molecule has 1 amide bonds. The molecule has 0 heterocycles. The molecular weight excluding hydrogens is 144 g/mol. The van der Waals surface area contributed by atoms with Crippen LogP contribution in [-0.4, -0.2) is 25.7 Å². The Hall–Kier alpha value is -1.10. The molecule has 5 nitrogen and oxygen atoms in total. The highest BCUT2D eigenvalue weighted by Crippen LogP contribution is 1.83. The summed E-state index contributed by atoms with van der Waals surface area (Å²) < 4.78 is 0. The molecule has 0 radical (unpaired) electrons. The van der Waals surface area contributed by atoms with Crippen molar-refractivity contribution < 1.29 is 4.79 Å². The molecule has 0 unspecified atom stereocenters. The average molecular weight is 158 g/mol. The number of nitrogens with one attached hydrogen (secondary N) is 3. The van der Waals surface area contributed by atoms with E-state index >= 15 is 0 Å². The lowest BCUT2D eigenvalue weighted by Gasteiger charge is -2.01. The van der Waals surface area contributed by atoms with Crippen molar-refractivity contribution in [3.63, 3.8) is 0 Å². The van der Waals surface area contributed by atoms with Crippen molar-refractivity contribution in [2.24, 2.45) is 5.10 Å². The van der Waals surface area contributed by atoms with E-state index in [9.17, 15) is 4.79 Å². The summed E-state index contributed by atoms with van der Waals surface area (Å²) in [6, 6.07) is 0. The third kappa shape index (κ3) is 5.35. The molecule has 0 rings (SSSR count). The van der Waals surface area contributed by atoms with Gasteiger partial charge in [0.2, 0.25) is 5.91 Å². The van der Waals surface area contributed by atoms with Crippen molar-refractivity contribution in [1.82, 2.24) is 16.3 Å². The van der Waals surface area contributed by atoms with Gasteiger partial charge in [0.05, 0.1) is 6.42 Å². The van der Waals surface area contributed by atoms with E-state index in [1.54, 1.807) is 21.0 Å². The van der Waals surface area contributed by atoms with Gasteiger partial charge in [0, 0.05) is 19.8 Å². The Bertz CT molecular complexity index is 155. The molecule has 0 aromatic heterocycles. The summed E-state index contributed by atoms with van der Waals surface area (Å²) >= 11 is 0. The molecule has 11 heavy (non-hydrogen) atoms. The lowest BCUT2D eigenvalue weighted by molar-refractivity contribution is -0.120. The molecule has 0 saturated heterocycles. The lowest BCUT2D eigenvalue weighted by Crippen LogP contribution is -2.35. The van der Waals surface area contributed by atoms with Gasteiger partial charge >= 0.3 is 0 Å². The largest absolute Gasteiger partial charge is 0.313 e. The van der Waals surface area contributed by atoms with Crippen LogP contribution in [0.25, 0.3) is 0 Å². The Labute approximate surface area is 66.2 Å². The van der Waals surface area contributed by atoms with Crippen LogP contribution in [0.3, 0.4) is 0 Å². The predicted molar refractivity (Wildman–Crippen MR) is 44.0 cm³/mol. The second kappa shape index (κ2) is 5.67. The van der Waals surface area contributed by atoms with Crippen molar-refractivity contribution in [2.45, 2.75) is 13.3 Å². The Morgan fingerprint density at radius 2 is 2.09 bits per heavy atom. The Kier molecular flexibility index (Phi) is 5.10. The summed E-state index contributed by atoms with van der Waals surface area (Å²) in [6.07, 6.45) is 0.307. The van der Waals surface area contributed by atoms with Gasteiger partial charge in [-0.3, -0.25) is 10.2 Å². The maximum absolute atomic E-state index is 10.8. The number of hydrazine groups is 1. The Balaban J connectivity index is 3.66. The highest BCUT2D eigenvalue weighted by Gasteiger charge is 2.00. The molecule has 0 aliphatic carbocycles. The minimum absolute atomic E-state index is 0.0935. The van der Waals surface area contributed by atoms with E-state index in [2.05, 4.69) is 21.4 Å². The first-order valence-corrected chi connectivity index (χ1v) is 3.36. The quantitative estimate of drug-likeness (QED) is 0.371. The van der Waals surface area contributed by atoms with Crippen LogP contribution in [0.2, 0.25) is 0 Å².